The Morgan fingerprint density at radius 1 is 1.04 bits per heavy atom. The van der Waals surface area contributed by atoms with Crippen molar-refractivity contribution in [2.45, 2.75) is 25.3 Å². The van der Waals surface area contributed by atoms with E-state index in [2.05, 4.69) is 5.10 Å². The maximum absolute atomic E-state index is 13.4. The molecule has 4 rings (SSSR count). The lowest BCUT2D eigenvalue weighted by molar-refractivity contribution is 0.0611. The van der Waals surface area contributed by atoms with Crippen LogP contribution in [0, 0.1) is 5.82 Å². The first-order valence-electron chi connectivity index (χ1n) is 8.89. The van der Waals surface area contributed by atoms with Crippen LogP contribution in [0.4, 0.5) is 4.39 Å². The van der Waals surface area contributed by atoms with Crippen molar-refractivity contribution in [3.05, 3.63) is 83.9 Å². The third-order valence-corrected chi connectivity index (χ3v) is 4.90. The number of amides is 1. The minimum Gasteiger partial charge on any atom is -0.332 e. The van der Waals surface area contributed by atoms with Crippen molar-refractivity contribution in [1.82, 2.24) is 14.7 Å². The average molecular weight is 349 g/mol. The lowest BCUT2D eigenvalue weighted by Gasteiger charge is -2.36. The van der Waals surface area contributed by atoms with Crippen molar-refractivity contribution in [3.63, 3.8) is 0 Å². The Balaban J connectivity index is 1.69. The number of carbonyl (C=O) groups is 1. The number of hydrogen-bond acceptors (Lipinski definition) is 2. The first-order valence-corrected chi connectivity index (χ1v) is 8.89. The molecule has 0 aliphatic carbocycles. The van der Waals surface area contributed by atoms with E-state index in [0.29, 0.717) is 12.1 Å². The van der Waals surface area contributed by atoms with Gasteiger partial charge in [-0.15, -0.1) is 0 Å². The highest BCUT2D eigenvalue weighted by molar-refractivity contribution is 5.98. The predicted molar refractivity (Wildman–Crippen MR) is 97.6 cm³/mol. The summed E-state index contributed by atoms with van der Waals surface area (Å²) in [6.07, 6.45) is 6.46. The summed E-state index contributed by atoms with van der Waals surface area (Å²) in [7, 11) is 0. The fourth-order valence-electron chi connectivity index (χ4n) is 3.63. The van der Waals surface area contributed by atoms with Crippen LogP contribution < -0.4 is 0 Å². The molecule has 2 heterocycles. The van der Waals surface area contributed by atoms with Gasteiger partial charge < -0.3 is 4.90 Å². The Morgan fingerprint density at radius 2 is 1.85 bits per heavy atom. The molecule has 1 amide bonds. The molecule has 3 aromatic rings. The number of piperidine rings is 1. The SMILES string of the molecule is O=C(c1ccccc1-n1cccn1)N1CCCCC1c1ccc(F)cc1. The van der Waals surface area contributed by atoms with E-state index in [9.17, 15) is 9.18 Å². The van der Waals surface area contributed by atoms with Gasteiger partial charge in [0.2, 0.25) is 0 Å². The maximum Gasteiger partial charge on any atom is 0.256 e. The number of hydrogen-bond donors (Lipinski definition) is 0. The summed E-state index contributed by atoms with van der Waals surface area (Å²) < 4.78 is 15.0. The van der Waals surface area contributed by atoms with E-state index < -0.39 is 0 Å². The van der Waals surface area contributed by atoms with Crippen molar-refractivity contribution < 1.29 is 9.18 Å². The van der Waals surface area contributed by atoms with Crippen LogP contribution in [0.15, 0.2) is 67.0 Å². The molecule has 1 aliphatic heterocycles. The van der Waals surface area contributed by atoms with Crippen molar-refractivity contribution >= 4 is 5.91 Å². The Morgan fingerprint density at radius 3 is 2.62 bits per heavy atom. The molecule has 1 saturated heterocycles. The topological polar surface area (TPSA) is 38.1 Å². The molecule has 1 aliphatic rings. The number of benzene rings is 2. The Labute approximate surface area is 151 Å². The van der Waals surface area contributed by atoms with Gasteiger partial charge in [0.25, 0.3) is 5.91 Å². The highest BCUT2D eigenvalue weighted by Gasteiger charge is 2.30. The van der Waals surface area contributed by atoms with Gasteiger partial charge in [-0.25, -0.2) is 9.07 Å². The zero-order valence-electron chi connectivity index (χ0n) is 14.4. The van der Waals surface area contributed by atoms with Gasteiger partial charge in [0.05, 0.1) is 17.3 Å². The third-order valence-electron chi connectivity index (χ3n) is 4.90. The molecule has 0 N–H and O–H groups in total. The zero-order chi connectivity index (χ0) is 17.9. The van der Waals surface area contributed by atoms with E-state index in [-0.39, 0.29) is 17.8 Å². The second-order valence-electron chi connectivity index (χ2n) is 6.53. The number of para-hydroxylation sites is 1. The molecule has 2 aromatic carbocycles. The molecule has 0 bridgehead atoms. The Hall–Kier alpha value is -2.95. The van der Waals surface area contributed by atoms with Gasteiger partial charge in [0, 0.05) is 18.9 Å². The molecular formula is C21H20FN3O. The molecule has 1 atom stereocenters. The second kappa shape index (κ2) is 7.12. The summed E-state index contributed by atoms with van der Waals surface area (Å²) in [6.45, 7) is 0.703. The van der Waals surface area contributed by atoms with Gasteiger partial charge in [0.15, 0.2) is 0 Å². The fourth-order valence-corrected chi connectivity index (χ4v) is 3.63. The lowest BCUT2D eigenvalue weighted by atomic mass is 9.94. The minimum atomic E-state index is -0.258. The predicted octanol–water partition coefficient (Wildman–Crippen LogP) is 4.38. The summed E-state index contributed by atoms with van der Waals surface area (Å²) in [4.78, 5) is 15.3. The van der Waals surface area contributed by atoms with E-state index in [1.165, 1.54) is 12.1 Å². The van der Waals surface area contributed by atoms with E-state index >= 15 is 0 Å². The highest BCUT2D eigenvalue weighted by atomic mass is 19.1. The van der Waals surface area contributed by atoms with Crippen LogP contribution in [0.25, 0.3) is 5.69 Å². The molecule has 0 radical (unpaired) electrons. The van der Waals surface area contributed by atoms with Gasteiger partial charge in [-0.3, -0.25) is 4.79 Å². The molecule has 1 unspecified atom stereocenters. The number of halogens is 1. The monoisotopic (exact) mass is 349 g/mol. The normalized spacial score (nSPS) is 17.3. The highest BCUT2D eigenvalue weighted by Crippen LogP contribution is 2.33. The van der Waals surface area contributed by atoms with Crippen molar-refractivity contribution in [2.75, 3.05) is 6.54 Å². The molecule has 5 heteroatoms. The van der Waals surface area contributed by atoms with E-state index in [0.717, 1.165) is 30.5 Å². The maximum atomic E-state index is 13.4. The Bertz CT molecular complexity index is 890. The molecular weight excluding hydrogens is 329 g/mol. The summed E-state index contributed by atoms with van der Waals surface area (Å²) >= 11 is 0. The van der Waals surface area contributed by atoms with Gasteiger partial charge >= 0.3 is 0 Å². The molecule has 1 fully saturated rings. The van der Waals surface area contributed by atoms with Gasteiger partial charge in [-0.1, -0.05) is 24.3 Å². The molecule has 1 aromatic heterocycles. The summed E-state index contributed by atoms with van der Waals surface area (Å²) in [5, 5.41) is 4.27. The molecule has 132 valence electrons. The lowest BCUT2D eigenvalue weighted by Crippen LogP contribution is -2.39. The summed E-state index contributed by atoms with van der Waals surface area (Å²) in [5.41, 5.74) is 2.38. The zero-order valence-corrected chi connectivity index (χ0v) is 14.4. The van der Waals surface area contributed by atoms with Gasteiger partial charge in [0.1, 0.15) is 5.82 Å². The second-order valence-corrected chi connectivity index (χ2v) is 6.53. The van der Waals surface area contributed by atoms with Gasteiger partial charge in [-0.05, 0) is 55.2 Å². The molecule has 0 saturated carbocycles. The molecule has 4 nitrogen and oxygen atoms in total. The van der Waals surface area contributed by atoms with Crippen molar-refractivity contribution in [1.29, 1.82) is 0 Å². The van der Waals surface area contributed by atoms with E-state index in [1.807, 2.05) is 41.4 Å². The number of nitrogens with zero attached hydrogens (tertiary/aromatic N) is 3. The van der Waals surface area contributed by atoms with Crippen LogP contribution in [0.2, 0.25) is 0 Å². The molecule has 0 spiro atoms. The smallest absolute Gasteiger partial charge is 0.256 e. The quantitative estimate of drug-likeness (QED) is 0.704. The van der Waals surface area contributed by atoms with Crippen LogP contribution in [0.5, 0.6) is 0 Å². The third kappa shape index (κ3) is 3.12. The minimum absolute atomic E-state index is 0.00914. The standard InChI is InChI=1S/C21H20FN3O/c22-17-11-9-16(10-12-17)19-7-3-4-14-24(19)21(26)18-6-1-2-8-20(18)25-15-5-13-23-25/h1-2,5-6,8-13,15,19H,3-4,7,14H2. The van der Waals surface area contributed by atoms with Crippen LogP contribution in [-0.4, -0.2) is 27.1 Å². The summed E-state index contributed by atoms with van der Waals surface area (Å²) in [5.74, 6) is -0.267. The Kier molecular flexibility index (Phi) is 4.52. The van der Waals surface area contributed by atoms with E-state index in [1.54, 1.807) is 23.0 Å². The first-order chi connectivity index (χ1) is 12.7. The summed E-state index contributed by atoms with van der Waals surface area (Å²) in [6, 6.07) is 15.8. The van der Waals surface area contributed by atoms with Crippen molar-refractivity contribution in [3.8, 4) is 5.69 Å². The number of likely N-dealkylation sites (tertiary alicyclic amines) is 1. The first kappa shape index (κ1) is 16.5. The number of aromatic nitrogens is 2. The largest absolute Gasteiger partial charge is 0.332 e. The van der Waals surface area contributed by atoms with Crippen LogP contribution in [0.1, 0.15) is 41.2 Å². The van der Waals surface area contributed by atoms with Crippen LogP contribution in [-0.2, 0) is 0 Å². The number of rotatable bonds is 3. The molecule has 26 heavy (non-hydrogen) atoms. The van der Waals surface area contributed by atoms with Crippen molar-refractivity contribution in [2.24, 2.45) is 0 Å². The fraction of sp³-hybridized carbons (Fsp3) is 0.238. The van der Waals surface area contributed by atoms with E-state index in [4.69, 9.17) is 0 Å². The van der Waals surface area contributed by atoms with Crippen LogP contribution >= 0.6 is 0 Å². The van der Waals surface area contributed by atoms with Gasteiger partial charge in [-0.2, -0.15) is 5.10 Å². The number of carbonyl (C=O) groups excluding carboxylic acids is 1. The van der Waals surface area contributed by atoms with Crippen LogP contribution in [0.3, 0.4) is 0 Å². The average Bonchev–Trinajstić information content (AvgIpc) is 3.23.